The molecule has 84 valence electrons. The van der Waals surface area contributed by atoms with Gasteiger partial charge in [0.05, 0.1) is 6.04 Å². The zero-order valence-electron chi connectivity index (χ0n) is 8.40. The van der Waals surface area contributed by atoms with Crippen molar-refractivity contribution in [2.24, 2.45) is 0 Å². The van der Waals surface area contributed by atoms with Crippen LogP contribution in [0.2, 0.25) is 5.22 Å². The van der Waals surface area contributed by atoms with Crippen LogP contribution < -0.4 is 5.32 Å². The number of hydrogen-bond donors (Lipinski definition) is 2. The lowest BCUT2D eigenvalue weighted by Crippen LogP contribution is -2.27. The molecule has 2 aromatic rings. The second kappa shape index (κ2) is 4.36. The minimum absolute atomic E-state index is 0.163. The SMILES string of the molecule is CC(NC(=O)c1ccc(Cl)o1)c1ncn[nH]1. The van der Waals surface area contributed by atoms with Gasteiger partial charge < -0.3 is 9.73 Å². The van der Waals surface area contributed by atoms with Crippen molar-refractivity contribution in [2.75, 3.05) is 0 Å². The first-order valence-corrected chi connectivity index (χ1v) is 4.96. The van der Waals surface area contributed by atoms with E-state index in [1.807, 2.05) is 0 Å². The number of H-pyrrole nitrogens is 1. The van der Waals surface area contributed by atoms with E-state index in [0.29, 0.717) is 5.82 Å². The van der Waals surface area contributed by atoms with Crippen molar-refractivity contribution in [3.8, 4) is 0 Å². The highest BCUT2D eigenvalue weighted by Gasteiger charge is 2.15. The fraction of sp³-hybridized carbons (Fsp3) is 0.222. The van der Waals surface area contributed by atoms with Gasteiger partial charge in [-0.25, -0.2) is 4.98 Å². The molecule has 1 unspecified atom stereocenters. The summed E-state index contributed by atoms with van der Waals surface area (Å²) in [7, 11) is 0. The Morgan fingerprint density at radius 3 is 3.00 bits per heavy atom. The van der Waals surface area contributed by atoms with Crippen LogP contribution in [0.25, 0.3) is 0 Å². The van der Waals surface area contributed by atoms with Gasteiger partial charge in [0.15, 0.2) is 11.0 Å². The van der Waals surface area contributed by atoms with Gasteiger partial charge in [-0.05, 0) is 30.7 Å². The molecule has 2 heterocycles. The van der Waals surface area contributed by atoms with E-state index in [0.717, 1.165) is 0 Å². The van der Waals surface area contributed by atoms with Crippen LogP contribution >= 0.6 is 11.6 Å². The van der Waals surface area contributed by atoms with Crippen LogP contribution in [0.15, 0.2) is 22.9 Å². The Bertz CT molecular complexity index is 479. The number of nitrogens with zero attached hydrogens (tertiary/aromatic N) is 2. The first kappa shape index (κ1) is 10.7. The second-order valence-electron chi connectivity index (χ2n) is 3.17. The fourth-order valence-electron chi connectivity index (χ4n) is 1.20. The minimum atomic E-state index is -0.351. The molecule has 0 aliphatic heterocycles. The summed E-state index contributed by atoms with van der Waals surface area (Å²) >= 11 is 5.57. The predicted molar refractivity (Wildman–Crippen MR) is 56.0 cm³/mol. The fourth-order valence-corrected chi connectivity index (χ4v) is 1.34. The number of furan rings is 1. The Balaban J connectivity index is 2.03. The number of carbonyl (C=O) groups is 1. The van der Waals surface area contributed by atoms with E-state index in [-0.39, 0.29) is 22.9 Å². The zero-order chi connectivity index (χ0) is 11.5. The van der Waals surface area contributed by atoms with Crippen molar-refractivity contribution in [1.29, 1.82) is 0 Å². The normalized spacial score (nSPS) is 12.4. The summed E-state index contributed by atoms with van der Waals surface area (Å²) in [5, 5.41) is 9.23. The maximum atomic E-state index is 11.6. The van der Waals surface area contributed by atoms with Crippen molar-refractivity contribution < 1.29 is 9.21 Å². The first-order chi connectivity index (χ1) is 7.66. The number of nitrogens with one attached hydrogen (secondary N) is 2. The van der Waals surface area contributed by atoms with Crippen LogP contribution in [0.3, 0.4) is 0 Å². The molecule has 2 N–H and O–H groups in total. The van der Waals surface area contributed by atoms with E-state index in [1.54, 1.807) is 6.92 Å². The number of aromatic nitrogens is 3. The quantitative estimate of drug-likeness (QED) is 0.852. The standard InChI is InChI=1S/C9H9ClN4O2/c1-5(8-11-4-12-14-8)13-9(15)6-2-3-7(10)16-6/h2-5H,1H3,(H,13,15)(H,11,12,14). The third-order valence-electron chi connectivity index (χ3n) is 1.99. The lowest BCUT2D eigenvalue weighted by atomic mass is 10.3. The van der Waals surface area contributed by atoms with Crippen LogP contribution in [-0.2, 0) is 0 Å². The molecular weight excluding hydrogens is 232 g/mol. The lowest BCUT2D eigenvalue weighted by Gasteiger charge is -2.08. The minimum Gasteiger partial charge on any atom is -0.440 e. The number of carbonyl (C=O) groups excluding carboxylic acids is 1. The number of halogens is 1. The van der Waals surface area contributed by atoms with E-state index in [1.165, 1.54) is 18.5 Å². The molecule has 1 amide bonds. The maximum absolute atomic E-state index is 11.6. The monoisotopic (exact) mass is 240 g/mol. The molecule has 2 rings (SSSR count). The lowest BCUT2D eigenvalue weighted by molar-refractivity contribution is 0.0910. The largest absolute Gasteiger partial charge is 0.440 e. The smallest absolute Gasteiger partial charge is 0.287 e. The van der Waals surface area contributed by atoms with E-state index in [4.69, 9.17) is 16.0 Å². The van der Waals surface area contributed by atoms with Gasteiger partial charge >= 0.3 is 0 Å². The molecule has 0 aliphatic carbocycles. The van der Waals surface area contributed by atoms with Gasteiger partial charge in [-0.1, -0.05) is 0 Å². The first-order valence-electron chi connectivity index (χ1n) is 4.58. The second-order valence-corrected chi connectivity index (χ2v) is 3.54. The van der Waals surface area contributed by atoms with Crippen LogP contribution in [-0.4, -0.2) is 21.1 Å². The number of aromatic amines is 1. The highest BCUT2D eigenvalue weighted by Crippen LogP contribution is 2.14. The van der Waals surface area contributed by atoms with Crippen molar-refractivity contribution in [3.63, 3.8) is 0 Å². The van der Waals surface area contributed by atoms with Crippen molar-refractivity contribution >= 4 is 17.5 Å². The van der Waals surface area contributed by atoms with Crippen molar-refractivity contribution in [1.82, 2.24) is 20.5 Å². The molecule has 6 nitrogen and oxygen atoms in total. The Hall–Kier alpha value is -1.82. The molecule has 0 fully saturated rings. The van der Waals surface area contributed by atoms with Gasteiger partial charge in [0, 0.05) is 0 Å². The van der Waals surface area contributed by atoms with Crippen LogP contribution in [0.1, 0.15) is 29.3 Å². The third kappa shape index (κ3) is 2.22. The molecule has 0 bridgehead atoms. The van der Waals surface area contributed by atoms with Gasteiger partial charge in [-0.3, -0.25) is 9.89 Å². The average molecular weight is 241 g/mol. The molecule has 2 aromatic heterocycles. The molecule has 0 aromatic carbocycles. The highest BCUT2D eigenvalue weighted by molar-refractivity contribution is 6.29. The van der Waals surface area contributed by atoms with E-state index >= 15 is 0 Å². The molecular formula is C9H9ClN4O2. The van der Waals surface area contributed by atoms with E-state index in [9.17, 15) is 4.79 Å². The van der Waals surface area contributed by atoms with Gasteiger partial charge in [-0.15, -0.1) is 0 Å². The average Bonchev–Trinajstić information content (AvgIpc) is 2.87. The molecule has 7 heteroatoms. The molecule has 0 saturated carbocycles. The summed E-state index contributed by atoms with van der Waals surface area (Å²) in [5.41, 5.74) is 0. The van der Waals surface area contributed by atoms with E-state index < -0.39 is 0 Å². The Kier molecular flexibility index (Phi) is 2.91. The molecule has 16 heavy (non-hydrogen) atoms. The Morgan fingerprint density at radius 1 is 1.62 bits per heavy atom. The highest BCUT2D eigenvalue weighted by atomic mass is 35.5. The van der Waals surface area contributed by atoms with Crippen molar-refractivity contribution in [2.45, 2.75) is 13.0 Å². The summed E-state index contributed by atoms with van der Waals surface area (Å²) in [6, 6.07) is 2.74. The topological polar surface area (TPSA) is 83.8 Å². The molecule has 1 atom stereocenters. The van der Waals surface area contributed by atoms with Crippen LogP contribution in [0.5, 0.6) is 0 Å². The Morgan fingerprint density at radius 2 is 2.44 bits per heavy atom. The Labute approximate surface area is 96.0 Å². The van der Waals surface area contributed by atoms with Crippen molar-refractivity contribution in [3.05, 3.63) is 35.3 Å². The van der Waals surface area contributed by atoms with Crippen LogP contribution in [0.4, 0.5) is 0 Å². The summed E-state index contributed by atoms with van der Waals surface area (Å²) < 4.78 is 4.97. The number of hydrogen-bond acceptors (Lipinski definition) is 4. The number of rotatable bonds is 3. The molecule has 0 spiro atoms. The zero-order valence-corrected chi connectivity index (χ0v) is 9.15. The predicted octanol–water partition coefficient (Wildman–Crippen LogP) is 1.54. The van der Waals surface area contributed by atoms with Gasteiger partial charge in [0.2, 0.25) is 0 Å². The van der Waals surface area contributed by atoms with E-state index in [2.05, 4.69) is 20.5 Å². The van der Waals surface area contributed by atoms with Gasteiger partial charge in [0.25, 0.3) is 5.91 Å². The number of amides is 1. The maximum Gasteiger partial charge on any atom is 0.287 e. The molecule has 0 saturated heterocycles. The summed E-state index contributed by atoms with van der Waals surface area (Å²) in [5.74, 6) is 0.387. The molecule has 0 radical (unpaired) electrons. The molecule has 0 aliphatic rings. The van der Waals surface area contributed by atoms with Gasteiger partial charge in [-0.2, -0.15) is 5.10 Å². The van der Waals surface area contributed by atoms with Gasteiger partial charge in [0.1, 0.15) is 12.2 Å². The summed E-state index contributed by atoms with van der Waals surface area (Å²) in [4.78, 5) is 15.6. The third-order valence-corrected chi connectivity index (χ3v) is 2.19. The van der Waals surface area contributed by atoms with Crippen LogP contribution in [0, 0.1) is 0 Å². The summed E-state index contributed by atoms with van der Waals surface area (Å²) in [6.45, 7) is 1.78. The summed E-state index contributed by atoms with van der Waals surface area (Å²) in [6.07, 6.45) is 1.38.